The molecular weight excluding hydrogens is 352 g/mol. The number of carbonyl (C=O) groups is 1. The maximum Gasteiger partial charge on any atom is 0.246 e. The number of nitrogens with zero attached hydrogens (tertiary/aromatic N) is 2. The topological polar surface area (TPSA) is 42.0 Å². The van der Waals surface area contributed by atoms with Gasteiger partial charge in [-0.3, -0.25) is 4.79 Å². The maximum atomic E-state index is 12.6. The fourth-order valence-electron chi connectivity index (χ4n) is 3.66. The Kier molecular flexibility index (Phi) is 6.09. The molecule has 0 N–H and O–H groups in total. The van der Waals surface area contributed by atoms with Gasteiger partial charge in [-0.05, 0) is 61.9 Å². The second-order valence-electron chi connectivity index (χ2n) is 7.39. The summed E-state index contributed by atoms with van der Waals surface area (Å²) in [6, 6.07) is 6.05. The molecule has 142 valence electrons. The SMILES string of the molecule is CN(C(=O)C=Cc1ccc2c(c1)OCO2)C1CCCN(CC2CC2)C1.Cl. The predicted molar refractivity (Wildman–Crippen MR) is 104 cm³/mol. The summed E-state index contributed by atoms with van der Waals surface area (Å²) in [6.45, 7) is 3.67. The van der Waals surface area contributed by atoms with Crippen molar-refractivity contribution in [3.63, 3.8) is 0 Å². The lowest BCUT2D eigenvalue weighted by atomic mass is 10.0. The number of ether oxygens (including phenoxy) is 2. The zero-order chi connectivity index (χ0) is 17.2. The molecule has 1 aromatic carbocycles. The van der Waals surface area contributed by atoms with Crippen LogP contribution in [0.25, 0.3) is 6.08 Å². The normalized spacial score (nSPS) is 22.3. The van der Waals surface area contributed by atoms with Crippen LogP contribution in [0.2, 0.25) is 0 Å². The predicted octanol–water partition coefficient (Wildman–Crippen LogP) is 3.18. The summed E-state index contributed by atoms with van der Waals surface area (Å²) in [5.74, 6) is 2.48. The van der Waals surface area contributed by atoms with Crippen molar-refractivity contribution in [1.82, 2.24) is 9.80 Å². The molecule has 4 rings (SSSR count). The third kappa shape index (κ3) is 4.51. The average molecular weight is 379 g/mol. The first-order valence-electron chi connectivity index (χ1n) is 9.26. The standard InChI is InChI=1S/C20H26N2O3.ClH/c1-21(17-3-2-10-22(13-17)12-16-4-5-16)20(23)9-7-15-6-8-18-19(11-15)25-14-24-18;/h6-9,11,16-17H,2-5,10,12-14H2,1H3;1H. The number of fused-ring (bicyclic) bond motifs is 1. The summed E-state index contributed by atoms with van der Waals surface area (Å²) < 4.78 is 10.7. The molecular formula is C20H27ClN2O3. The van der Waals surface area contributed by atoms with Crippen LogP contribution in [0, 0.1) is 5.92 Å². The molecule has 0 bridgehead atoms. The monoisotopic (exact) mass is 378 g/mol. The molecule has 2 heterocycles. The van der Waals surface area contributed by atoms with Crippen LogP contribution >= 0.6 is 12.4 Å². The highest BCUT2D eigenvalue weighted by atomic mass is 35.5. The van der Waals surface area contributed by atoms with Gasteiger partial charge in [0.2, 0.25) is 12.7 Å². The van der Waals surface area contributed by atoms with E-state index in [0.29, 0.717) is 6.04 Å². The van der Waals surface area contributed by atoms with E-state index in [1.54, 1.807) is 6.08 Å². The summed E-state index contributed by atoms with van der Waals surface area (Å²) in [7, 11) is 1.93. The fraction of sp³-hybridized carbons (Fsp3) is 0.550. The molecule has 0 radical (unpaired) electrons. The molecule has 1 aromatic rings. The quantitative estimate of drug-likeness (QED) is 0.738. The highest BCUT2D eigenvalue weighted by Crippen LogP contribution is 2.33. The zero-order valence-corrected chi connectivity index (χ0v) is 16.0. The first-order chi connectivity index (χ1) is 12.2. The van der Waals surface area contributed by atoms with Crippen molar-refractivity contribution in [2.45, 2.75) is 31.7 Å². The number of piperidine rings is 1. The van der Waals surface area contributed by atoms with E-state index < -0.39 is 0 Å². The number of likely N-dealkylation sites (N-methyl/N-ethyl adjacent to an activating group) is 1. The Labute approximate surface area is 161 Å². The van der Waals surface area contributed by atoms with Crippen molar-refractivity contribution in [2.75, 3.05) is 33.5 Å². The summed E-state index contributed by atoms with van der Waals surface area (Å²) in [5, 5.41) is 0. The molecule has 1 aliphatic carbocycles. The van der Waals surface area contributed by atoms with E-state index in [1.807, 2.05) is 36.2 Å². The molecule has 1 saturated heterocycles. The minimum Gasteiger partial charge on any atom is -0.454 e. The van der Waals surface area contributed by atoms with Crippen molar-refractivity contribution in [3.05, 3.63) is 29.8 Å². The molecule has 5 nitrogen and oxygen atoms in total. The van der Waals surface area contributed by atoms with Gasteiger partial charge in [0.25, 0.3) is 0 Å². The number of rotatable bonds is 5. The lowest BCUT2D eigenvalue weighted by Gasteiger charge is -2.37. The maximum absolute atomic E-state index is 12.6. The van der Waals surface area contributed by atoms with Crippen molar-refractivity contribution < 1.29 is 14.3 Å². The van der Waals surface area contributed by atoms with Gasteiger partial charge in [0.15, 0.2) is 11.5 Å². The zero-order valence-electron chi connectivity index (χ0n) is 15.2. The molecule has 26 heavy (non-hydrogen) atoms. The van der Waals surface area contributed by atoms with Gasteiger partial charge >= 0.3 is 0 Å². The number of carbonyl (C=O) groups excluding carboxylic acids is 1. The average Bonchev–Trinajstić information content (AvgIpc) is 3.32. The minimum atomic E-state index is 0. The van der Waals surface area contributed by atoms with E-state index in [9.17, 15) is 4.79 Å². The van der Waals surface area contributed by atoms with E-state index >= 15 is 0 Å². The summed E-state index contributed by atoms with van der Waals surface area (Å²) in [5.41, 5.74) is 0.949. The largest absolute Gasteiger partial charge is 0.454 e. The highest BCUT2D eigenvalue weighted by molar-refractivity contribution is 5.92. The number of hydrogen-bond donors (Lipinski definition) is 0. The third-order valence-corrected chi connectivity index (χ3v) is 5.40. The van der Waals surface area contributed by atoms with Gasteiger partial charge < -0.3 is 19.3 Å². The van der Waals surface area contributed by atoms with Crippen LogP contribution < -0.4 is 9.47 Å². The molecule has 6 heteroatoms. The first-order valence-corrected chi connectivity index (χ1v) is 9.26. The van der Waals surface area contributed by atoms with E-state index in [-0.39, 0.29) is 25.1 Å². The molecule has 1 amide bonds. The van der Waals surface area contributed by atoms with Crippen molar-refractivity contribution in [3.8, 4) is 11.5 Å². The second kappa shape index (κ2) is 8.31. The lowest BCUT2D eigenvalue weighted by Crippen LogP contribution is -2.48. The molecule has 2 fully saturated rings. The molecule has 1 atom stereocenters. The van der Waals surface area contributed by atoms with Gasteiger partial charge in [0.1, 0.15) is 0 Å². The number of amides is 1. The summed E-state index contributed by atoms with van der Waals surface area (Å²) >= 11 is 0. The van der Waals surface area contributed by atoms with Crippen LogP contribution in [0.15, 0.2) is 24.3 Å². The van der Waals surface area contributed by atoms with Gasteiger partial charge in [-0.1, -0.05) is 6.07 Å². The van der Waals surface area contributed by atoms with Gasteiger partial charge in [-0.25, -0.2) is 0 Å². The van der Waals surface area contributed by atoms with Crippen LogP contribution in [0.3, 0.4) is 0 Å². The number of likely N-dealkylation sites (tertiary alicyclic amines) is 1. The third-order valence-electron chi connectivity index (χ3n) is 5.40. The van der Waals surface area contributed by atoms with Crippen LogP contribution in [0.5, 0.6) is 11.5 Å². The highest BCUT2D eigenvalue weighted by Gasteiger charge is 2.29. The Hall–Kier alpha value is -1.72. The van der Waals surface area contributed by atoms with Crippen LogP contribution in [0.1, 0.15) is 31.2 Å². The molecule has 0 aromatic heterocycles. The lowest BCUT2D eigenvalue weighted by molar-refractivity contribution is -0.127. The number of benzene rings is 1. The Morgan fingerprint density at radius 3 is 2.88 bits per heavy atom. The summed E-state index contributed by atoms with van der Waals surface area (Å²) in [4.78, 5) is 17.0. The van der Waals surface area contributed by atoms with E-state index in [4.69, 9.17) is 9.47 Å². The van der Waals surface area contributed by atoms with E-state index in [2.05, 4.69) is 4.90 Å². The van der Waals surface area contributed by atoms with Crippen molar-refractivity contribution >= 4 is 24.4 Å². The molecule has 0 spiro atoms. The van der Waals surface area contributed by atoms with Crippen LogP contribution in [0.4, 0.5) is 0 Å². The Morgan fingerprint density at radius 2 is 2.08 bits per heavy atom. The Morgan fingerprint density at radius 1 is 1.27 bits per heavy atom. The van der Waals surface area contributed by atoms with Gasteiger partial charge in [-0.15, -0.1) is 12.4 Å². The molecule has 1 saturated carbocycles. The van der Waals surface area contributed by atoms with Gasteiger partial charge in [0.05, 0.1) is 0 Å². The first kappa shape index (κ1) is 19.1. The minimum absolute atomic E-state index is 0. The summed E-state index contributed by atoms with van der Waals surface area (Å²) in [6.07, 6.45) is 8.56. The van der Waals surface area contributed by atoms with E-state index in [1.165, 1.54) is 32.4 Å². The Balaban J connectivity index is 0.00000196. The van der Waals surface area contributed by atoms with Gasteiger partial charge in [0, 0.05) is 32.3 Å². The van der Waals surface area contributed by atoms with Crippen LogP contribution in [-0.2, 0) is 4.79 Å². The van der Waals surface area contributed by atoms with Crippen LogP contribution in [-0.4, -0.2) is 55.2 Å². The molecule has 2 aliphatic heterocycles. The van der Waals surface area contributed by atoms with E-state index in [0.717, 1.165) is 35.9 Å². The van der Waals surface area contributed by atoms with Crippen molar-refractivity contribution in [1.29, 1.82) is 0 Å². The fourth-order valence-corrected chi connectivity index (χ4v) is 3.66. The molecule has 3 aliphatic rings. The second-order valence-corrected chi connectivity index (χ2v) is 7.39. The Bertz CT molecular complexity index is 675. The smallest absolute Gasteiger partial charge is 0.246 e. The van der Waals surface area contributed by atoms with Crippen molar-refractivity contribution in [2.24, 2.45) is 5.92 Å². The van der Waals surface area contributed by atoms with Gasteiger partial charge in [-0.2, -0.15) is 0 Å². The molecule has 1 unspecified atom stereocenters. The number of hydrogen-bond acceptors (Lipinski definition) is 4. The number of halogens is 1.